The molecule has 9 aromatic carbocycles. The SMILES string of the molecule is c1ccc(N(c2ccccc2)c2ccc3c(c2)C(c2ccc4c(c2)CC4)(c2ccc4c(c2)CC4)c2cc(N(c4ccccc4)c4ccccc4)c4c(oc5ccccc54)c2-3)cc1. The van der Waals surface area contributed by atoms with Gasteiger partial charge in [0.2, 0.25) is 0 Å². The molecule has 3 nitrogen and oxygen atoms in total. The van der Waals surface area contributed by atoms with E-state index >= 15 is 0 Å². The van der Waals surface area contributed by atoms with Gasteiger partial charge in [0.15, 0.2) is 0 Å². The molecule has 294 valence electrons. The van der Waals surface area contributed by atoms with E-state index in [4.69, 9.17) is 4.42 Å². The molecule has 13 rings (SSSR count). The van der Waals surface area contributed by atoms with Crippen molar-refractivity contribution < 1.29 is 4.42 Å². The molecule has 0 saturated heterocycles. The molecule has 3 aliphatic rings. The van der Waals surface area contributed by atoms with Crippen LogP contribution in [0.25, 0.3) is 33.1 Å². The molecule has 3 heteroatoms. The Hall–Kier alpha value is -7.62. The standard InChI is InChI=1S/C59H42N2O/c1-5-15-45(16-6-1)60(46-17-7-2-8-18-46)49-33-34-50-52(37-49)59(43-31-29-39-25-27-41(39)35-43,44-32-30-40-26-28-42(40)36-44)53-38-54(57-51-23-13-14-24-55(51)62-58(57)56(50)53)61(47-19-9-3-10-20-47)48-21-11-4-12-22-48/h1-24,29-38H,25-28H2. The van der Waals surface area contributed by atoms with Crippen molar-refractivity contribution in [1.82, 2.24) is 0 Å². The van der Waals surface area contributed by atoms with Crippen LogP contribution >= 0.6 is 0 Å². The highest BCUT2D eigenvalue weighted by Gasteiger charge is 2.49. The van der Waals surface area contributed by atoms with Crippen LogP contribution in [0.2, 0.25) is 0 Å². The van der Waals surface area contributed by atoms with Crippen molar-refractivity contribution in [3.8, 4) is 11.1 Å². The van der Waals surface area contributed by atoms with Crippen molar-refractivity contribution in [1.29, 1.82) is 0 Å². The number of benzene rings is 9. The molecule has 0 radical (unpaired) electrons. The number of hydrogen-bond donors (Lipinski definition) is 0. The maximum Gasteiger partial charge on any atom is 0.145 e. The molecule has 1 heterocycles. The molecule has 62 heavy (non-hydrogen) atoms. The predicted molar refractivity (Wildman–Crippen MR) is 255 cm³/mol. The first-order chi connectivity index (χ1) is 30.7. The van der Waals surface area contributed by atoms with Crippen LogP contribution in [-0.4, -0.2) is 0 Å². The van der Waals surface area contributed by atoms with Crippen LogP contribution in [0.4, 0.5) is 34.1 Å². The maximum absolute atomic E-state index is 7.27. The van der Waals surface area contributed by atoms with E-state index in [1.54, 1.807) is 0 Å². The lowest BCUT2D eigenvalue weighted by molar-refractivity contribution is 0.668. The fraction of sp³-hybridized carbons (Fsp3) is 0.0847. The second-order valence-corrected chi connectivity index (χ2v) is 17.1. The molecule has 3 aliphatic carbocycles. The van der Waals surface area contributed by atoms with Gasteiger partial charge >= 0.3 is 0 Å². The number of aryl methyl sites for hydroxylation is 4. The molecule has 0 unspecified atom stereocenters. The van der Waals surface area contributed by atoms with Crippen molar-refractivity contribution in [3.63, 3.8) is 0 Å². The van der Waals surface area contributed by atoms with E-state index in [2.05, 4.69) is 216 Å². The summed E-state index contributed by atoms with van der Waals surface area (Å²) in [6.07, 6.45) is 4.47. The lowest BCUT2D eigenvalue weighted by atomic mass is 9.65. The number of fused-ring (bicyclic) bond motifs is 9. The highest BCUT2D eigenvalue weighted by Crippen LogP contribution is 2.62. The van der Waals surface area contributed by atoms with Crippen LogP contribution in [-0.2, 0) is 31.1 Å². The first-order valence-electron chi connectivity index (χ1n) is 21.9. The Labute approximate surface area is 361 Å². The summed E-state index contributed by atoms with van der Waals surface area (Å²) in [5.41, 5.74) is 21.1. The Bertz CT molecular complexity index is 3220. The molecular formula is C59H42N2O. The van der Waals surface area contributed by atoms with Gasteiger partial charge in [-0.25, -0.2) is 0 Å². The van der Waals surface area contributed by atoms with Crippen LogP contribution in [0.3, 0.4) is 0 Å². The van der Waals surface area contributed by atoms with Gasteiger partial charge in [0, 0.05) is 39.4 Å². The van der Waals surface area contributed by atoms with Crippen LogP contribution in [0.15, 0.2) is 211 Å². The van der Waals surface area contributed by atoms with Gasteiger partial charge in [0.25, 0.3) is 0 Å². The molecule has 0 N–H and O–H groups in total. The van der Waals surface area contributed by atoms with Gasteiger partial charge in [-0.2, -0.15) is 0 Å². The van der Waals surface area contributed by atoms with Crippen molar-refractivity contribution >= 4 is 56.1 Å². The first kappa shape index (κ1) is 35.2. The second-order valence-electron chi connectivity index (χ2n) is 17.1. The van der Waals surface area contributed by atoms with Gasteiger partial charge in [-0.15, -0.1) is 0 Å². The quantitative estimate of drug-likeness (QED) is 0.153. The van der Waals surface area contributed by atoms with Crippen molar-refractivity contribution in [3.05, 3.63) is 251 Å². The summed E-state index contributed by atoms with van der Waals surface area (Å²) in [5.74, 6) is 0. The van der Waals surface area contributed by atoms with E-state index < -0.39 is 5.41 Å². The Morgan fingerprint density at radius 1 is 0.387 bits per heavy atom. The Morgan fingerprint density at radius 2 is 0.887 bits per heavy atom. The third kappa shape index (κ3) is 5.12. The van der Waals surface area contributed by atoms with E-state index in [9.17, 15) is 0 Å². The Kier molecular flexibility index (Phi) is 7.77. The molecule has 1 aromatic heterocycles. The zero-order valence-electron chi connectivity index (χ0n) is 34.3. The average Bonchev–Trinajstić information content (AvgIpc) is 3.83. The number of nitrogens with zero attached hydrogens (tertiary/aromatic N) is 2. The predicted octanol–water partition coefficient (Wildman–Crippen LogP) is 15.1. The summed E-state index contributed by atoms with van der Waals surface area (Å²) in [6, 6.07) is 76.2. The van der Waals surface area contributed by atoms with Gasteiger partial charge in [0.05, 0.1) is 16.5 Å². The van der Waals surface area contributed by atoms with E-state index in [-0.39, 0.29) is 0 Å². The van der Waals surface area contributed by atoms with Crippen molar-refractivity contribution in [2.45, 2.75) is 31.1 Å². The lowest BCUT2D eigenvalue weighted by Gasteiger charge is -2.38. The van der Waals surface area contributed by atoms with Crippen LogP contribution in [0.1, 0.15) is 44.5 Å². The summed E-state index contributed by atoms with van der Waals surface area (Å²) >= 11 is 0. The third-order valence-electron chi connectivity index (χ3n) is 13.9. The van der Waals surface area contributed by atoms with E-state index in [1.807, 2.05) is 0 Å². The van der Waals surface area contributed by atoms with Gasteiger partial charge in [-0.1, -0.05) is 133 Å². The van der Waals surface area contributed by atoms with E-state index in [0.29, 0.717) is 0 Å². The largest absolute Gasteiger partial charge is 0.455 e. The summed E-state index contributed by atoms with van der Waals surface area (Å²) in [5, 5.41) is 2.22. The average molecular weight is 795 g/mol. The fourth-order valence-corrected chi connectivity index (χ4v) is 10.8. The van der Waals surface area contributed by atoms with E-state index in [0.717, 1.165) is 81.7 Å². The zero-order chi connectivity index (χ0) is 40.8. The highest BCUT2D eigenvalue weighted by atomic mass is 16.3. The molecule has 0 bridgehead atoms. The fourth-order valence-electron chi connectivity index (χ4n) is 10.8. The molecule has 0 amide bonds. The number of rotatable bonds is 8. The second kappa shape index (κ2) is 13.7. The molecule has 0 spiro atoms. The normalized spacial score (nSPS) is 14.0. The Balaban J connectivity index is 1.20. The first-order valence-corrected chi connectivity index (χ1v) is 21.9. The monoisotopic (exact) mass is 794 g/mol. The van der Waals surface area contributed by atoms with Crippen LogP contribution < -0.4 is 9.80 Å². The summed E-state index contributed by atoms with van der Waals surface area (Å²) in [7, 11) is 0. The Morgan fingerprint density at radius 3 is 1.40 bits per heavy atom. The minimum atomic E-state index is -0.671. The smallest absolute Gasteiger partial charge is 0.145 e. The third-order valence-corrected chi connectivity index (χ3v) is 13.9. The van der Waals surface area contributed by atoms with Crippen LogP contribution in [0.5, 0.6) is 0 Å². The van der Waals surface area contributed by atoms with E-state index in [1.165, 1.54) is 55.6 Å². The van der Waals surface area contributed by atoms with Crippen LogP contribution in [0, 0.1) is 0 Å². The molecule has 0 saturated carbocycles. The summed E-state index contributed by atoms with van der Waals surface area (Å²) in [4.78, 5) is 4.84. The molecule has 10 aromatic rings. The topological polar surface area (TPSA) is 19.6 Å². The molecule has 0 aliphatic heterocycles. The number of hydrogen-bond acceptors (Lipinski definition) is 3. The highest BCUT2D eigenvalue weighted by molar-refractivity contribution is 6.19. The van der Waals surface area contributed by atoms with Crippen molar-refractivity contribution in [2.75, 3.05) is 9.80 Å². The minimum absolute atomic E-state index is 0.671. The van der Waals surface area contributed by atoms with Gasteiger partial charge in [-0.05, 0) is 149 Å². The lowest BCUT2D eigenvalue weighted by Crippen LogP contribution is -2.31. The summed E-state index contributed by atoms with van der Waals surface area (Å²) in [6.45, 7) is 0. The molecule has 0 fully saturated rings. The van der Waals surface area contributed by atoms with Gasteiger partial charge in [0.1, 0.15) is 11.2 Å². The van der Waals surface area contributed by atoms with Gasteiger partial charge < -0.3 is 14.2 Å². The number of para-hydroxylation sites is 5. The minimum Gasteiger partial charge on any atom is -0.455 e. The molecule has 0 atom stereocenters. The maximum atomic E-state index is 7.27. The van der Waals surface area contributed by atoms with Gasteiger partial charge in [-0.3, -0.25) is 0 Å². The summed E-state index contributed by atoms with van der Waals surface area (Å²) < 4.78 is 7.27. The zero-order valence-corrected chi connectivity index (χ0v) is 34.3. The molecular weight excluding hydrogens is 753 g/mol. The van der Waals surface area contributed by atoms with Crippen molar-refractivity contribution in [2.24, 2.45) is 0 Å². The number of anilines is 6. The number of furan rings is 1.